The van der Waals surface area contributed by atoms with Crippen LogP contribution in [0.25, 0.3) is 0 Å². The molecule has 0 unspecified atom stereocenters. The van der Waals surface area contributed by atoms with Crippen molar-refractivity contribution in [2.24, 2.45) is 0 Å². The van der Waals surface area contributed by atoms with Gasteiger partial charge in [-0.1, -0.05) is 97.4 Å². The van der Waals surface area contributed by atoms with Gasteiger partial charge in [0.1, 0.15) is 5.54 Å². The molecule has 1 aliphatic heterocycles. The molecule has 0 spiro atoms. The lowest BCUT2D eigenvalue weighted by Crippen LogP contribution is -2.38. The second-order valence-electron chi connectivity index (χ2n) is 10.1. The van der Waals surface area contributed by atoms with Crippen molar-refractivity contribution in [3.05, 3.63) is 114 Å². The summed E-state index contributed by atoms with van der Waals surface area (Å²) in [5, 5.41) is 5.38. The fourth-order valence-corrected chi connectivity index (χ4v) is 6.05. The van der Waals surface area contributed by atoms with Crippen molar-refractivity contribution >= 4 is 5.82 Å². The van der Waals surface area contributed by atoms with E-state index in [0.717, 1.165) is 37.5 Å². The van der Waals surface area contributed by atoms with Crippen LogP contribution in [0.2, 0.25) is 0 Å². The first kappa shape index (κ1) is 22.9. The molecule has 2 aliphatic rings. The predicted octanol–water partition coefficient (Wildman–Crippen LogP) is 7.04. The molecular weight excluding hydrogens is 442 g/mol. The van der Waals surface area contributed by atoms with Gasteiger partial charge in [0.25, 0.3) is 0 Å². The van der Waals surface area contributed by atoms with E-state index in [1.54, 1.807) is 0 Å². The van der Waals surface area contributed by atoms with Crippen molar-refractivity contribution < 1.29 is 4.74 Å². The van der Waals surface area contributed by atoms with E-state index in [9.17, 15) is 0 Å². The molecule has 3 aromatic carbocycles. The largest absolute Gasteiger partial charge is 0.485 e. The van der Waals surface area contributed by atoms with Gasteiger partial charge in [0.05, 0.1) is 12.3 Å². The number of rotatable bonds is 7. The lowest BCUT2D eigenvalue weighted by Gasteiger charge is -2.36. The van der Waals surface area contributed by atoms with Gasteiger partial charge in [-0.2, -0.15) is 0 Å². The number of benzene rings is 3. The molecule has 0 atom stereocenters. The van der Waals surface area contributed by atoms with Gasteiger partial charge in [0.15, 0.2) is 11.6 Å². The highest BCUT2D eigenvalue weighted by Gasteiger charge is 2.41. The van der Waals surface area contributed by atoms with Gasteiger partial charge in [-0.3, -0.25) is 0 Å². The normalized spacial score (nSPS) is 16.8. The Morgan fingerprint density at radius 1 is 0.639 bits per heavy atom. The highest BCUT2D eigenvalue weighted by molar-refractivity contribution is 5.56. The summed E-state index contributed by atoms with van der Waals surface area (Å²) >= 11 is 0. The molecule has 4 nitrogen and oxygen atoms in total. The zero-order valence-electron chi connectivity index (χ0n) is 20.9. The lowest BCUT2D eigenvalue weighted by molar-refractivity contribution is 0.155. The predicted molar refractivity (Wildman–Crippen MR) is 146 cm³/mol. The smallest absolute Gasteiger partial charge is 0.193 e. The first-order valence-corrected chi connectivity index (χ1v) is 13.5. The lowest BCUT2D eigenvalue weighted by atomic mass is 9.77. The molecule has 0 N–H and O–H groups in total. The first-order chi connectivity index (χ1) is 17.9. The second kappa shape index (κ2) is 10.2. The van der Waals surface area contributed by atoms with E-state index in [-0.39, 0.29) is 6.10 Å². The van der Waals surface area contributed by atoms with Gasteiger partial charge < -0.3 is 9.64 Å². The standard InChI is InChI=1S/C32H35N3O/c1-5-15-26(16-6-1)32(27-17-7-2-8-18-27,28-19-9-3-10-20-28)35-25-30(36-29-21-11-4-12-22-29)31(33-35)34-23-13-14-24-34/h1-3,5-10,15-20,25,29H,4,11-14,21-24H2. The molecule has 1 saturated carbocycles. The minimum absolute atomic E-state index is 0.275. The number of nitrogens with zero attached hydrogens (tertiary/aromatic N) is 3. The molecule has 4 heteroatoms. The van der Waals surface area contributed by atoms with Crippen LogP contribution in [0.5, 0.6) is 5.75 Å². The van der Waals surface area contributed by atoms with Crippen molar-refractivity contribution in [3.8, 4) is 5.75 Å². The molecule has 0 bridgehead atoms. The van der Waals surface area contributed by atoms with Crippen LogP contribution in [-0.4, -0.2) is 29.0 Å². The molecule has 1 saturated heterocycles. The molecule has 6 rings (SSSR count). The summed E-state index contributed by atoms with van der Waals surface area (Å²) in [7, 11) is 0. The van der Waals surface area contributed by atoms with Crippen LogP contribution >= 0.6 is 0 Å². The van der Waals surface area contributed by atoms with E-state index in [0.29, 0.717) is 0 Å². The Bertz CT molecular complexity index is 1140. The van der Waals surface area contributed by atoms with E-state index in [4.69, 9.17) is 9.84 Å². The summed E-state index contributed by atoms with van der Waals surface area (Å²) in [5.74, 6) is 1.92. The zero-order valence-corrected chi connectivity index (χ0v) is 20.9. The summed E-state index contributed by atoms with van der Waals surface area (Å²) in [6.07, 6.45) is 10.9. The van der Waals surface area contributed by atoms with Gasteiger partial charge in [0.2, 0.25) is 0 Å². The number of ether oxygens (including phenoxy) is 1. The monoisotopic (exact) mass is 477 g/mol. The molecule has 4 aromatic rings. The van der Waals surface area contributed by atoms with Crippen molar-refractivity contribution in [2.45, 2.75) is 56.6 Å². The van der Waals surface area contributed by atoms with Crippen LogP contribution < -0.4 is 9.64 Å². The summed E-state index contributed by atoms with van der Waals surface area (Å²) < 4.78 is 8.94. The van der Waals surface area contributed by atoms with E-state index < -0.39 is 5.54 Å². The van der Waals surface area contributed by atoms with Crippen LogP contribution in [0.1, 0.15) is 61.6 Å². The zero-order chi connectivity index (χ0) is 24.2. The van der Waals surface area contributed by atoms with Gasteiger partial charge in [-0.25, -0.2) is 4.68 Å². The van der Waals surface area contributed by atoms with E-state index in [1.807, 2.05) is 0 Å². The quantitative estimate of drug-likeness (QED) is 0.268. The van der Waals surface area contributed by atoms with Gasteiger partial charge in [-0.15, -0.1) is 5.10 Å². The Balaban J connectivity index is 1.58. The molecule has 36 heavy (non-hydrogen) atoms. The van der Waals surface area contributed by atoms with E-state index in [1.165, 1.54) is 48.8 Å². The number of anilines is 1. The Hall–Kier alpha value is -3.53. The SMILES string of the molecule is c1ccc(C(c2ccccc2)(c2ccccc2)n2cc(OC3CCCCC3)c(N3CCCC3)n2)cc1. The molecule has 184 valence electrons. The molecule has 2 heterocycles. The van der Waals surface area contributed by atoms with Crippen molar-refractivity contribution in [1.82, 2.24) is 9.78 Å². The van der Waals surface area contributed by atoms with Crippen LogP contribution in [0, 0.1) is 0 Å². The highest BCUT2D eigenvalue weighted by Crippen LogP contribution is 2.43. The minimum atomic E-state index is -0.619. The fraction of sp³-hybridized carbons (Fsp3) is 0.344. The summed E-state index contributed by atoms with van der Waals surface area (Å²) in [4.78, 5) is 2.42. The minimum Gasteiger partial charge on any atom is -0.485 e. The topological polar surface area (TPSA) is 30.3 Å². The Kier molecular flexibility index (Phi) is 6.50. The van der Waals surface area contributed by atoms with Crippen molar-refractivity contribution in [1.29, 1.82) is 0 Å². The maximum absolute atomic E-state index is 6.76. The van der Waals surface area contributed by atoms with E-state index >= 15 is 0 Å². The second-order valence-corrected chi connectivity index (χ2v) is 10.1. The van der Waals surface area contributed by atoms with E-state index in [2.05, 4.69) is 107 Å². The Morgan fingerprint density at radius 3 is 1.64 bits per heavy atom. The molecule has 2 fully saturated rings. The molecule has 1 aromatic heterocycles. The maximum Gasteiger partial charge on any atom is 0.193 e. The molecule has 0 amide bonds. The first-order valence-electron chi connectivity index (χ1n) is 13.5. The number of hydrogen-bond acceptors (Lipinski definition) is 3. The van der Waals surface area contributed by atoms with Gasteiger partial charge in [0, 0.05) is 13.1 Å². The summed E-state index contributed by atoms with van der Waals surface area (Å²) in [6.45, 7) is 2.07. The average molecular weight is 478 g/mol. The summed E-state index contributed by atoms with van der Waals surface area (Å²) in [6, 6.07) is 32.3. The molecule has 1 aliphatic carbocycles. The average Bonchev–Trinajstić information content (AvgIpc) is 3.62. The van der Waals surface area contributed by atoms with Crippen molar-refractivity contribution in [2.75, 3.05) is 18.0 Å². The molecular formula is C32H35N3O. The third kappa shape index (κ3) is 4.19. The van der Waals surface area contributed by atoms with Crippen LogP contribution in [0.4, 0.5) is 5.82 Å². The highest BCUT2D eigenvalue weighted by atomic mass is 16.5. The van der Waals surface area contributed by atoms with Crippen molar-refractivity contribution in [3.63, 3.8) is 0 Å². The Labute approximate surface area is 214 Å². The summed E-state index contributed by atoms with van der Waals surface area (Å²) in [5.41, 5.74) is 2.93. The van der Waals surface area contributed by atoms with Crippen LogP contribution in [0.15, 0.2) is 97.2 Å². The van der Waals surface area contributed by atoms with Gasteiger partial charge >= 0.3 is 0 Å². The third-order valence-electron chi connectivity index (χ3n) is 7.83. The number of hydrogen-bond donors (Lipinski definition) is 0. The molecule has 0 radical (unpaired) electrons. The maximum atomic E-state index is 6.76. The Morgan fingerprint density at radius 2 is 1.14 bits per heavy atom. The fourth-order valence-electron chi connectivity index (χ4n) is 6.05. The third-order valence-corrected chi connectivity index (χ3v) is 7.83. The van der Waals surface area contributed by atoms with Crippen LogP contribution in [-0.2, 0) is 5.54 Å². The van der Waals surface area contributed by atoms with Gasteiger partial charge in [-0.05, 0) is 55.2 Å². The van der Waals surface area contributed by atoms with Crippen LogP contribution in [0.3, 0.4) is 0 Å². The number of aromatic nitrogens is 2.